The van der Waals surface area contributed by atoms with Gasteiger partial charge in [-0.15, -0.1) is 6.58 Å². The number of hydrogen-bond acceptors (Lipinski definition) is 3. The molecule has 3 nitrogen and oxygen atoms in total. The Morgan fingerprint density at radius 2 is 2.23 bits per heavy atom. The summed E-state index contributed by atoms with van der Waals surface area (Å²) in [6.07, 6.45) is 1.07. The molecule has 1 atom stereocenters. The third kappa shape index (κ3) is 7.96. The van der Waals surface area contributed by atoms with Crippen molar-refractivity contribution in [3.63, 3.8) is 0 Å². The van der Waals surface area contributed by atoms with Crippen LogP contribution in [0.25, 0.3) is 0 Å². The predicted molar refractivity (Wildman–Crippen MR) is 55.0 cm³/mol. The van der Waals surface area contributed by atoms with E-state index in [1.807, 2.05) is 14.0 Å². The van der Waals surface area contributed by atoms with Gasteiger partial charge in [0.2, 0.25) is 0 Å². The molecule has 0 radical (unpaired) electrons. The maximum absolute atomic E-state index is 5.59. The number of ether oxygens (including phenoxy) is 2. The maximum Gasteiger partial charge on any atom is 0.0932 e. The van der Waals surface area contributed by atoms with E-state index < -0.39 is 0 Å². The lowest BCUT2D eigenvalue weighted by Crippen LogP contribution is -2.30. The van der Waals surface area contributed by atoms with Crippen molar-refractivity contribution >= 4 is 0 Å². The average Bonchev–Trinajstić information content (AvgIpc) is 2.04. The van der Waals surface area contributed by atoms with Gasteiger partial charge in [-0.2, -0.15) is 0 Å². The van der Waals surface area contributed by atoms with Gasteiger partial charge in [0.15, 0.2) is 0 Å². The summed E-state index contributed by atoms with van der Waals surface area (Å²) in [5.41, 5.74) is 1.15. The number of hydrogen-bond donors (Lipinski definition) is 1. The molecule has 0 fully saturated rings. The molecule has 0 aliphatic carbocycles. The molecule has 0 aromatic heterocycles. The molecule has 78 valence electrons. The van der Waals surface area contributed by atoms with Crippen molar-refractivity contribution in [2.75, 3.05) is 33.9 Å². The molecular formula is C10H21NO2. The Morgan fingerprint density at radius 1 is 1.54 bits per heavy atom. The number of likely N-dealkylation sites (N-methyl/N-ethyl adjacent to an activating group) is 1. The Morgan fingerprint density at radius 3 is 2.69 bits per heavy atom. The Labute approximate surface area is 81.1 Å². The summed E-state index contributed by atoms with van der Waals surface area (Å²) in [6, 6.07) is 0. The molecule has 0 saturated carbocycles. The van der Waals surface area contributed by atoms with Gasteiger partial charge in [-0.1, -0.05) is 5.57 Å². The van der Waals surface area contributed by atoms with E-state index in [1.165, 1.54) is 0 Å². The summed E-state index contributed by atoms with van der Waals surface area (Å²) < 4.78 is 10.6. The molecule has 0 heterocycles. The quantitative estimate of drug-likeness (QED) is 0.579. The summed E-state index contributed by atoms with van der Waals surface area (Å²) in [7, 11) is 3.59. The molecule has 0 aliphatic heterocycles. The van der Waals surface area contributed by atoms with Crippen molar-refractivity contribution in [3.8, 4) is 0 Å². The van der Waals surface area contributed by atoms with Crippen LogP contribution < -0.4 is 5.32 Å². The average molecular weight is 187 g/mol. The minimum atomic E-state index is 0.148. The first-order valence-electron chi connectivity index (χ1n) is 4.60. The zero-order valence-corrected chi connectivity index (χ0v) is 8.93. The summed E-state index contributed by atoms with van der Waals surface area (Å²) in [5, 5.41) is 3.06. The standard InChI is InChI=1S/C10H21NO2/c1-9(2)5-6-13-10(7-11-3)8-12-4/h10-11H,1,5-8H2,2-4H3. The van der Waals surface area contributed by atoms with Crippen molar-refractivity contribution in [3.05, 3.63) is 12.2 Å². The summed E-state index contributed by atoms with van der Waals surface area (Å²) in [5.74, 6) is 0. The highest BCUT2D eigenvalue weighted by molar-refractivity contribution is 4.87. The van der Waals surface area contributed by atoms with Gasteiger partial charge in [0.05, 0.1) is 19.3 Å². The van der Waals surface area contributed by atoms with Crippen molar-refractivity contribution in [1.29, 1.82) is 0 Å². The fourth-order valence-electron chi connectivity index (χ4n) is 0.979. The van der Waals surface area contributed by atoms with Crippen LogP contribution in [0.2, 0.25) is 0 Å². The Hall–Kier alpha value is -0.380. The first-order chi connectivity index (χ1) is 6.20. The molecule has 0 aliphatic rings. The van der Waals surface area contributed by atoms with Crippen LogP contribution in [0.3, 0.4) is 0 Å². The molecule has 0 aromatic rings. The van der Waals surface area contributed by atoms with Crippen molar-refractivity contribution in [2.24, 2.45) is 0 Å². The van der Waals surface area contributed by atoms with Crippen LogP contribution in [0.5, 0.6) is 0 Å². The van der Waals surface area contributed by atoms with Gasteiger partial charge < -0.3 is 14.8 Å². The highest BCUT2D eigenvalue weighted by Gasteiger charge is 2.06. The number of nitrogens with one attached hydrogen (secondary N) is 1. The van der Waals surface area contributed by atoms with Crippen LogP contribution in [-0.2, 0) is 9.47 Å². The van der Waals surface area contributed by atoms with Crippen LogP contribution in [0.15, 0.2) is 12.2 Å². The molecule has 1 N–H and O–H groups in total. The second kappa shape index (κ2) is 8.23. The Kier molecular flexibility index (Phi) is 7.99. The van der Waals surface area contributed by atoms with Gasteiger partial charge in [0, 0.05) is 13.7 Å². The maximum atomic E-state index is 5.59. The molecule has 0 rings (SSSR count). The second-order valence-electron chi connectivity index (χ2n) is 3.21. The van der Waals surface area contributed by atoms with E-state index in [2.05, 4.69) is 11.9 Å². The van der Waals surface area contributed by atoms with Gasteiger partial charge in [-0.3, -0.25) is 0 Å². The zero-order valence-electron chi connectivity index (χ0n) is 8.93. The second-order valence-corrected chi connectivity index (χ2v) is 3.21. The molecule has 3 heteroatoms. The SMILES string of the molecule is C=C(C)CCOC(CNC)COC. The summed E-state index contributed by atoms with van der Waals surface area (Å²) in [6.45, 7) is 8.01. The van der Waals surface area contributed by atoms with Crippen LogP contribution in [0.4, 0.5) is 0 Å². The van der Waals surface area contributed by atoms with E-state index in [0.717, 1.165) is 25.1 Å². The van der Waals surface area contributed by atoms with E-state index in [4.69, 9.17) is 9.47 Å². The van der Waals surface area contributed by atoms with E-state index in [1.54, 1.807) is 7.11 Å². The minimum absolute atomic E-state index is 0.148. The smallest absolute Gasteiger partial charge is 0.0932 e. The highest BCUT2D eigenvalue weighted by atomic mass is 16.5. The van der Waals surface area contributed by atoms with Crippen LogP contribution in [-0.4, -0.2) is 40.0 Å². The monoisotopic (exact) mass is 187 g/mol. The van der Waals surface area contributed by atoms with Crippen molar-refractivity contribution in [2.45, 2.75) is 19.4 Å². The number of rotatable bonds is 8. The lowest BCUT2D eigenvalue weighted by Gasteiger charge is -2.16. The van der Waals surface area contributed by atoms with E-state index in [0.29, 0.717) is 6.61 Å². The van der Waals surface area contributed by atoms with Gasteiger partial charge in [0.25, 0.3) is 0 Å². The summed E-state index contributed by atoms with van der Waals surface area (Å²) >= 11 is 0. The third-order valence-corrected chi connectivity index (χ3v) is 1.67. The molecule has 13 heavy (non-hydrogen) atoms. The molecule has 0 spiro atoms. The Bertz CT molecular complexity index is 131. The fraction of sp³-hybridized carbons (Fsp3) is 0.800. The third-order valence-electron chi connectivity index (χ3n) is 1.67. The van der Waals surface area contributed by atoms with Gasteiger partial charge in [-0.05, 0) is 20.4 Å². The first-order valence-corrected chi connectivity index (χ1v) is 4.60. The number of methoxy groups -OCH3 is 1. The van der Waals surface area contributed by atoms with E-state index in [-0.39, 0.29) is 6.10 Å². The largest absolute Gasteiger partial charge is 0.382 e. The normalized spacial score (nSPS) is 12.8. The topological polar surface area (TPSA) is 30.5 Å². The van der Waals surface area contributed by atoms with Crippen LogP contribution >= 0.6 is 0 Å². The predicted octanol–water partition coefficient (Wildman–Crippen LogP) is 1.20. The van der Waals surface area contributed by atoms with E-state index >= 15 is 0 Å². The molecule has 0 aromatic carbocycles. The molecule has 1 unspecified atom stereocenters. The van der Waals surface area contributed by atoms with Crippen molar-refractivity contribution < 1.29 is 9.47 Å². The molecule has 0 saturated heterocycles. The van der Waals surface area contributed by atoms with Gasteiger partial charge in [-0.25, -0.2) is 0 Å². The fourth-order valence-corrected chi connectivity index (χ4v) is 0.979. The molecule has 0 bridgehead atoms. The minimum Gasteiger partial charge on any atom is -0.382 e. The van der Waals surface area contributed by atoms with Crippen molar-refractivity contribution in [1.82, 2.24) is 5.32 Å². The van der Waals surface area contributed by atoms with Gasteiger partial charge in [0.1, 0.15) is 0 Å². The van der Waals surface area contributed by atoms with Gasteiger partial charge >= 0.3 is 0 Å². The first kappa shape index (κ1) is 12.6. The zero-order chi connectivity index (χ0) is 10.1. The summed E-state index contributed by atoms with van der Waals surface area (Å²) in [4.78, 5) is 0. The van der Waals surface area contributed by atoms with Crippen LogP contribution in [0, 0.1) is 0 Å². The lowest BCUT2D eigenvalue weighted by atomic mass is 10.2. The highest BCUT2D eigenvalue weighted by Crippen LogP contribution is 1.99. The molecular weight excluding hydrogens is 166 g/mol. The van der Waals surface area contributed by atoms with E-state index in [9.17, 15) is 0 Å². The Balaban J connectivity index is 3.49. The van der Waals surface area contributed by atoms with Crippen LogP contribution in [0.1, 0.15) is 13.3 Å². The molecule has 0 amide bonds. The lowest BCUT2D eigenvalue weighted by molar-refractivity contribution is 0.00141.